The molecule has 7 atom stereocenters. The van der Waals surface area contributed by atoms with Crippen molar-refractivity contribution in [1.29, 1.82) is 0 Å². The zero-order chi connectivity index (χ0) is 21.8. The van der Waals surface area contributed by atoms with Gasteiger partial charge in [-0.05, 0) is 75.9 Å². The van der Waals surface area contributed by atoms with E-state index in [0.29, 0.717) is 30.5 Å². The molecule has 3 fully saturated rings. The van der Waals surface area contributed by atoms with Crippen LogP contribution in [0.2, 0.25) is 0 Å². The monoisotopic (exact) mass is 412 g/mol. The van der Waals surface area contributed by atoms with Crippen LogP contribution in [0.3, 0.4) is 0 Å². The van der Waals surface area contributed by atoms with Crippen LogP contribution in [0.4, 0.5) is 0 Å². The molecule has 0 saturated heterocycles. The number of hydrogen-bond acceptors (Lipinski definition) is 4. The molecule has 0 spiro atoms. The van der Waals surface area contributed by atoms with E-state index in [1.54, 1.807) is 0 Å². The third-order valence-corrected chi connectivity index (χ3v) is 9.23. The summed E-state index contributed by atoms with van der Waals surface area (Å²) in [5.41, 5.74) is 2.06. The van der Waals surface area contributed by atoms with Crippen LogP contribution in [0.1, 0.15) is 79.6 Å². The molecule has 4 nitrogen and oxygen atoms in total. The number of hydrogen-bond donors (Lipinski definition) is 0. The highest BCUT2D eigenvalue weighted by molar-refractivity contribution is 6.02. The molecular formula is C26H36O4. The van der Waals surface area contributed by atoms with E-state index in [1.165, 1.54) is 11.1 Å². The molecule has 0 aromatic carbocycles. The summed E-state index contributed by atoms with van der Waals surface area (Å²) in [7, 11) is 0. The lowest BCUT2D eigenvalue weighted by molar-refractivity contribution is -0.154. The van der Waals surface area contributed by atoms with Crippen molar-refractivity contribution >= 4 is 17.5 Å². The van der Waals surface area contributed by atoms with Gasteiger partial charge in [0, 0.05) is 29.6 Å². The van der Waals surface area contributed by atoms with Crippen molar-refractivity contribution in [3.8, 4) is 0 Å². The van der Waals surface area contributed by atoms with E-state index in [9.17, 15) is 14.4 Å². The van der Waals surface area contributed by atoms with E-state index in [-0.39, 0.29) is 40.5 Å². The maximum Gasteiger partial charge on any atom is 0.306 e. The molecule has 4 aliphatic rings. The van der Waals surface area contributed by atoms with Gasteiger partial charge in [-0.25, -0.2) is 0 Å². The van der Waals surface area contributed by atoms with Crippen molar-refractivity contribution in [1.82, 2.24) is 0 Å². The smallest absolute Gasteiger partial charge is 0.306 e. The minimum absolute atomic E-state index is 0.0868. The van der Waals surface area contributed by atoms with Gasteiger partial charge < -0.3 is 4.74 Å². The number of carbonyl (C=O) groups is 3. The van der Waals surface area contributed by atoms with Gasteiger partial charge in [0.25, 0.3) is 0 Å². The number of rotatable bonds is 4. The van der Waals surface area contributed by atoms with Gasteiger partial charge in [0.2, 0.25) is 0 Å². The first-order valence-corrected chi connectivity index (χ1v) is 11.8. The van der Waals surface area contributed by atoms with Crippen molar-refractivity contribution in [3.63, 3.8) is 0 Å². The second-order valence-electron chi connectivity index (χ2n) is 10.6. The van der Waals surface area contributed by atoms with E-state index in [1.807, 2.05) is 26.0 Å². The van der Waals surface area contributed by atoms with Crippen molar-refractivity contribution < 1.29 is 19.1 Å². The van der Waals surface area contributed by atoms with Crippen LogP contribution in [0.25, 0.3) is 0 Å². The summed E-state index contributed by atoms with van der Waals surface area (Å²) in [4.78, 5) is 37.5. The number of ether oxygens (including phenoxy) is 1. The topological polar surface area (TPSA) is 60.4 Å². The van der Waals surface area contributed by atoms with Crippen LogP contribution in [-0.4, -0.2) is 23.6 Å². The molecule has 0 bridgehead atoms. The standard InChI is InChI=1S/C26H36O4/c1-6-7-23(29)30-16(3)20-14-22(28)25(4)11-10-21-19(24(20)25)9-8-17-13-18(27)12-15(2)26(17,21)5/h12-13,16,19-21,24H,6-11,14H2,1-5H3/t16?,19-,20+,21+,24-,25-,26+/m1/s1. The lowest BCUT2D eigenvalue weighted by Crippen LogP contribution is -2.52. The molecule has 0 amide bonds. The normalized spacial score (nSPS) is 41.2. The minimum Gasteiger partial charge on any atom is -0.462 e. The molecule has 0 heterocycles. The Balaban J connectivity index is 1.67. The van der Waals surface area contributed by atoms with E-state index >= 15 is 0 Å². The van der Waals surface area contributed by atoms with Crippen LogP contribution in [0, 0.1) is 34.5 Å². The second-order valence-corrected chi connectivity index (χ2v) is 10.6. The number of esters is 1. The number of fused-ring (bicyclic) bond motifs is 5. The van der Waals surface area contributed by atoms with Crippen molar-refractivity contribution in [2.75, 3.05) is 0 Å². The van der Waals surface area contributed by atoms with Crippen LogP contribution in [-0.2, 0) is 19.1 Å². The Kier molecular flexibility index (Phi) is 5.35. The third kappa shape index (κ3) is 3.05. The molecule has 3 saturated carbocycles. The molecule has 164 valence electrons. The first kappa shape index (κ1) is 21.5. The Hall–Kier alpha value is -1.71. The van der Waals surface area contributed by atoms with Crippen molar-refractivity contribution in [3.05, 3.63) is 23.3 Å². The molecule has 4 rings (SSSR count). The van der Waals surface area contributed by atoms with Crippen LogP contribution >= 0.6 is 0 Å². The van der Waals surface area contributed by atoms with E-state index in [0.717, 1.165) is 32.1 Å². The zero-order valence-electron chi connectivity index (χ0n) is 19.1. The third-order valence-electron chi connectivity index (χ3n) is 9.23. The van der Waals surface area contributed by atoms with Crippen LogP contribution in [0.5, 0.6) is 0 Å². The fourth-order valence-corrected chi connectivity index (χ4v) is 7.53. The Bertz CT molecular complexity index is 836. The summed E-state index contributed by atoms with van der Waals surface area (Å²) in [6.07, 6.45) is 9.04. The largest absolute Gasteiger partial charge is 0.462 e. The second kappa shape index (κ2) is 7.46. The SMILES string of the molecule is CCCC(=O)OC(C)[C@@H]1CC(=O)[C@@]2(C)CC[C@H]3[C@@H](CCC4=CC(=O)C=C(C)[C@@]43C)[C@H]12. The average Bonchev–Trinajstić information content (AvgIpc) is 2.94. The molecule has 0 aromatic rings. The average molecular weight is 413 g/mol. The maximum absolute atomic E-state index is 13.2. The van der Waals surface area contributed by atoms with Crippen LogP contribution in [0.15, 0.2) is 23.3 Å². The summed E-state index contributed by atoms with van der Waals surface area (Å²) in [5, 5.41) is 0. The lowest BCUT2D eigenvalue weighted by Gasteiger charge is -2.58. The molecule has 0 N–H and O–H groups in total. The summed E-state index contributed by atoms with van der Waals surface area (Å²) >= 11 is 0. The van der Waals surface area contributed by atoms with E-state index in [4.69, 9.17) is 4.74 Å². The number of Topliss-reactive ketones (excluding diaryl/α,β-unsaturated/α-hetero) is 1. The molecular weight excluding hydrogens is 376 g/mol. The lowest BCUT2D eigenvalue weighted by atomic mass is 9.46. The molecule has 4 heteroatoms. The highest BCUT2D eigenvalue weighted by Crippen LogP contribution is 2.66. The summed E-state index contributed by atoms with van der Waals surface area (Å²) in [6.45, 7) is 10.5. The first-order chi connectivity index (χ1) is 14.1. The predicted molar refractivity (Wildman–Crippen MR) is 116 cm³/mol. The molecule has 0 radical (unpaired) electrons. The highest BCUT2D eigenvalue weighted by atomic mass is 16.5. The first-order valence-electron chi connectivity index (χ1n) is 11.8. The maximum atomic E-state index is 13.2. The molecule has 0 aromatic heterocycles. The molecule has 1 unspecified atom stereocenters. The Morgan fingerprint density at radius 1 is 1.23 bits per heavy atom. The van der Waals surface area contributed by atoms with Gasteiger partial charge in [-0.3, -0.25) is 14.4 Å². The summed E-state index contributed by atoms with van der Waals surface area (Å²) in [5.74, 6) is 1.52. The fraction of sp³-hybridized carbons (Fsp3) is 0.731. The number of ketones is 2. The Morgan fingerprint density at radius 3 is 2.67 bits per heavy atom. The fourth-order valence-electron chi connectivity index (χ4n) is 7.53. The summed E-state index contributed by atoms with van der Waals surface area (Å²) < 4.78 is 5.81. The molecule has 0 aliphatic heterocycles. The van der Waals surface area contributed by atoms with Gasteiger partial charge in [0.05, 0.1) is 0 Å². The Morgan fingerprint density at radius 2 is 1.97 bits per heavy atom. The van der Waals surface area contributed by atoms with Gasteiger partial charge in [-0.1, -0.05) is 31.9 Å². The minimum atomic E-state index is -0.309. The quantitative estimate of drug-likeness (QED) is 0.595. The number of carbonyl (C=O) groups excluding carboxylic acids is 3. The van der Waals surface area contributed by atoms with Gasteiger partial charge in [-0.2, -0.15) is 0 Å². The van der Waals surface area contributed by atoms with Gasteiger partial charge in [-0.15, -0.1) is 0 Å². The predicted octanol–water partition coefficient (Wildman–Crippen LogP) is 5.21. The highest BCUT2D eigenvalue weighted by Gasteiger charge is 2.63. The van der Waals surface area contributed by atoms with E-state index in [2.05, 4.69) is 20.8 Å². The van der Waals surface area contributed by atoms with Crippen molar-refractivity contribution in [2.24, 2.45) is 34.5 Å². The van der Waals surface area contributed by atoms with Gasteiger partial charge >= 0.3 is 5.97 Å². The van der Waals surface area contributed by atoms with E-state index < -0.39 is 0 Å². The summed E-state index contributed by atoms with van der Waals surface area (Å²) in [6, 6.07) is 0. The van der Waals surface area contributed by atoms with Crippen molar-refractivity contribution in [2.45, 2.75) is 85.7 Å². The Labute approximate surface area is 180 Å². The van der Waals surface area contributed by atoms with Gasteiger partial charge in [0.15, 0.2) is 5.78 Å². The zero-order valence-corrected chi connectivity index (χ0v) is 19.1. The van der Waals surface area contributed by atoms with Crippen LogP contribution < -0.4 is 0 Å². The van der Waals surface area contributed by atoms with Gasteiger partial charge in [0.1, 0.15) is 11.9 Å². The molecule has 30 heavy (non-hydrogen) atoms. The number of allylic oxidation sites excluding steroid dienone is 4. The molecule has 4 aliphatic carbocycles.